The van der Waals surface area contributed by atoms with Crippen molar-refractivity contribution in [3.63, 3.8) is 0 Å². The monoisotopic (exact) mass is 363 g/mol. The number of halogens is 2. The molecule has 4 heteroatoms. The number of ether oxygens (including phenoxy) is 1. The van der Waals surface area contributed by atoms with E-state index in [1.165, 1.54) is 5.56 Å². The van der Waals surface area contributed by atoms with E-state index in [2.05, 4.69) is 62.3 Å². The normalized spacial score (nSPS) is 12.7. The molecule has 1 atom stereocenters. The summed E-state index contributed by atoms with van der Waals surface area (Å²) in [5, 5.41) is 3.51. The van der Waals surface area contributed by atoms with Crippen LogP contribution in [-0.4, -0.2) is 19.8 Å². The minimum absolute atomic E-state index is 0.248. The highest BCUT2D eigenvalue weighted by Crippen LogP contribution is 2.27. The fraction of sp³-hybridized carbons (Fsp3) is 0.538. The highest BCUT2D eigenvalue weighted by Gasteiger charge is 2.13. The Hall–Kier alpha value is 0.1000. The Kier molecular flexibility index (Phi) is 7.35. The molecular formula is C13H19Br2NO. The van der Waals surface area contributed by atoms with Gasteiger partial charge in [-0.2, -0.15) is 0 Å². The van der Waals surface area contributed by atoms with Crippen molar-refractivity contribution in [3.8, 4) is 0 Å². The Morgan fingerprint density at radius 3 is 2.65 bits per heavy atom. The van der Waals surface area contributed by atoms with Gasteiger partial charge in [-0.1, -0.05) is 44.8 Å². The summed E-state index contributed by atoms with van der Waals surface area (Å²) in [6.07, 6.45) is 1.12. The smallest absolute Gasteiger partial charge is 0.0661 e. The number of nitrogens with one attached hydrogen (secondary N) is 1. The fourth-order valence-electron chi connectivity index (χ4n) is 1.60. The van der Waals surface area contributed by atoms with E-state index in [9.17, 15) is 0 Å². The van der Waals surface area contributed by atoms with Crippen LogP contribution in [0.3, 0.4) is 0 Å². The van der Waals surface area contributed by atoms with Crippen molar-refractivity contribution in [2.45, 2.75) is 26.3 Å². The van der Waals surface area contributed by atoms with Gasteiger partial charge in [-0.3, -0.25) is 0 Å². The Balaban J connectivity index is 2.79. The summed E-state index contributed by atoms with van der Waals surface area (Å²) in [7, 11) is 0. The van der Waals surface area contributed by atoms with Crippen molar-refractivity contribution < 1.29 is 4.74 Å². The molecule has 0 bridgehead atoms. The van der Waals surface area contributed by atoms with Crippen molar-refractivity contribution in [2.24, 2.45) is 0 Å². The van der Waals surface area contributed by atoms with E-state index in [0.717, 1.165) is 28.5 Å². The molecule has 2 nitrogen and oxygen atoms in total. The lowest BCUT2D eigenvalue weighted by Crippen LogP contribution is -2.26. The van der Waals surface area contributed by atoms with E-state index in [0.29, 0.717) is 6.61 Å². The topological polar surface area (TPSA) is 21.3 Å². The van der Waals surface area contributed by atoms with Crippen LogP contribution >= 0.6 is 31.9 Å². The summed E-state index contributed by atoms with van der Waals surface area (Å²) < 4.78 is 7.73. The Morgan fingerprint density at radius 2 is 2.06 bits per heavy atom. The van der Waals surface area contributed by atoms with Crippen LogP contribution in [0.4, 0.5) is 0 Å². The van der Waals surface area contributed by atoms with Crippen LogP contribution in [0, 0.1) is 0 Å². The highest BCUT2D eigenvalue weighted by molar-refractivity contribution is 9.11. The van der Waals surface area contributed by atoms with Crippen LogP contribution in [0.5, 0.6) is 0 Å². The van der Waals surface area contributed by atoms with Gasteiger partial charge >= 0.3 is 0 Å². The van der Waals surface area contributed by atoms with E-state index in [1.54, 1.807) is 0 Å². The molecule has 0 radical (unpaired) electrons. The van der Waals surface area contributed by atoms with Gasteiger partial charge in [0, 0.05) is 15.6 Å². The number of hydrogen-bond acceptors (Lipinski definition) is 2. The molecule has 1 unspecified atom stereocenters. The third-order valence-corrected chi connectivity index (χ3v) is 3.65. The molecule has 0 spiro atoms. The minimum atomic E-state index is 0.248. The van der Waals surface area contributed by atoms with Gasteiger partial charge in [0.1, 0.15) is 0 Å². The maximum absolute atomic E-state index is 5.54. The second-order valence-corrected chi connectivity index (χ2v) is 5.60. The maximum Gasteiger partial charge on any atom is 0.0661 e. The number of hydrogen-bond donors (Lipinski definition) is 1. The van der Waals surface area contributed by atoms with Crippen molar-refractivity contribution in [2.75, 3.05) is 19.8 Å². The predicted molar refractivity (Wildman–Crippen MR) is 79.4 cm³/mol. The quantitative estimate of drug-likeness (QED) is 0.779. The lowest BCUT2D eigenvalue weighted by Gasteiger charge is -2.20. The zero-order valence-corrected chi connectivity index (χ0v) is 13.5. The SMILES string of the molecule is CCCNC(COCC)c1ccc(Br)cc1Br. The van der Waals surface area contributed by atoms with E-state index in [4.69, 9.17) is 4.74 Å². The van der Waals surface area contributed by atoms with Crippen LogP contribution in [0.25, 0.3) is 0 Å². The Labute approximate surface area is 120 Å². The Morgan fingerprint density at radius 1 is 1.29 bits per heavy atom. The molecule has 0 aliphatic heterocycles. The van der Waals surface area contributed by atoms with Gasteiger partial charge in [0.05, 0.1) is 12.6 Å². The lowest BCUT2D eigenvalue weighted by molar-refractivity contribution is 0.123. The standard InChI is InChI=1S/C13H19Br2NO/c1-3-7-16-13(9-17-4-2)11-6-5-10(14)8-12(11)15/h5-6,8,13,16H,3-4,7,9H2,1-2H3. The van der Waals surface area contributed by atoms with Gasteiger partial charge in [0.25, 0.3) is 0 Å². The van der Waals surface area contributed by atoms with Gasteiger partial charge in [0.2, 0.25) is 0 Å². The summed E-state index contributed by atoms with van der Waals surface area (Å²) in [5.74, 6) is 0. The first kappa shape index (κ1) is 15.2. The molecule has 17 heavy (non-hydrogen) atoms. The van der Waals surface area contributed by atoms with Crippen molar-refractivity contribution in [3.05, 3.63) is 32.7 Å². The molecule has 0 saturated carbocycles. The Bertz CT molecular complexity index is 336. The van der Waals surface area contributed by atoms with Gasteiger partial charge in [-0.15, -0.1) is 0 Å². The van der Waals surface area contributed by atoms with E-state index in [1.807, 2.05) is 6.92 Å². The van der Waals surface area contributed by atoms with Crippen LogP contribution in [0.15, 0.2) is 27.1 Å². The second-order valence-electron chi connectivity index (χ2n) is 3.83. The summed E-state index contributed by atoms with van der Waals surface area (Å²) in [5.41, 5.74) is 1.25. The van der Waals surface area contributed by atoms with Gasteiger partial charge < -0.3 is 10.1 Å². The average Bonchev–Trinajstić information content (AvgIpc) is 2.30. The molecular weight excluding hydrogens is 346 g/mol. The number of rotatable bonds is 7. The lowest BCUT2D eigenvalue weighted by atomic mass is 10.1. The molecule has 1 aromatic rings. The van der Waals surface area contributed by atoms with Gasteiger partial charge in [-0.05, 0) is 37.6 Å². The zero-order valence-electron chi connectivity index (χ0n) is 10.3. The van der Waals surface area contributed by atoms with Crippen LogP contribution in [-0.2, 0) is 4.74 Å². The van der Waals surface area contributed by atoms with Gasteiger partial charge in [-0.25, -0.2) is 0 Å². The van der Waals surface area contributed by atoms with Crippen LogP contribution in [0.2, 0.25) is 0 Å². The summed E-state index contributed by atoms with van der Waals surface area (Å²) >= 11 is 7.08. The molecule has 1 rings (SSSR count). The van der Waals surface area contributed by atoms with E-state index < -0.39 is 0 Å². The largest absolute Gasteiger partial charge is 0.380 e. The predicted octanol–water partition coefficient (Wildman–Crippen LogP) is 4.29. The molecule has 0 aromatic heterocycles. The van der Waals surface area contributed by atoms with Crippen molar-refractivity contribution >= 4 is 31.9 Å². The maximum atomic E-state index is 5.54. The minimum Gasteiger partial charge on any atom is -0.380 e. The second kappa shape index (κ2) is 8.25. The molecule has 0 amide bonds. The van der Waals surface area contributed by atoms with E-state index >= 15 is 0 Å². The molecule has 1 N–H and O–H groups in total. The first-order valence-corrected chi connectivity index (χ1v) is 7.53. The zero-order chi connectivity index (χ0) is 12.7. The van der Waals surface area contributed by atoms with E-state index in [-0.39, 0.29) is 6.04 Å². The summed E-state index contributed by atoms with van der Waals surface area (Å²) in [4.78, 5) is 0. The molecule has 0 aliphatic carbocycles. The van der Waals surface area contributed by atoms with Gasteiger partial charge in [0.15, 0.2) is 0 Å². The average molecular weight is 365 g/mol. The van der Waals surface area contributed by atoms with Crippen LogP contribution < -0.4 is 5.32 Å². The van der Waals surface area contributed by atoms with Crippen LogP contribution in [0.1, 0.15) is 31.9 Å². The summed E-state index contributed by atoms with van der Waals surface area (Å²) in [6, 6.07) is 6.51. The molecule has 0 saturated heterocycles. The van der Waals surface area contributed by atoms with Crippen molar-refractivity contribution in [1.82, 2.24) is 5.32 Å². The van der Waals surface area contributed by atoms with Crippen molar-refractivity contribution in [1.29, 1.82) is 0 Å². The molecule has 96 valence electrons. The molecule has 0 aliphatic rings. The molecule has 1 aromatic carbocycles. The third kappa shape index (κ3) is 5.08. The number of benzene rings is 1. The highest BCUT2D eigenvalue weighted by atomic mass is 79.9. The third-order valence-electron chi connectivity index (χ3n) is 2.47. The molecule has 0 heterocycles. The first-order chi connectivity index (χ1) is 8.19. The summed E-state index contributed by atoms with van der Waals surface area (Å²) in [6.45, 7) is 6.64. The molecule has 0 fully saturated rings. The fourth-order valence-corrected chi connectivity index (χ4v) is 2.92. The first-order valence-electron chi connectivity index (χ1n) is 5.95.